The number of likely N-dealkylation sites (tertiary alicyclic amines) is 1. The summed E-state index contributed by atoms with van der Waals surface area (Å²) in [4.78, 5) is 67.6. The van der Waals surface area contributed by atoms with E-state index in [1.807, 2.05) is 48.5 Å². The summed E-state index contributed by atoms with van der Waals surface area (Å²) >= 11 is 0. The number of carbonyl (C=O) groups is 5. The Kier molecular flexibility index (Phi) is 17.3. The number of urea groups is 1. The van der Waals surface area contributed by atoms with E-state index in [9.17, 15) is 24.0 Å². The van der Waals surface area contributed by atoms with Crippen LogP contribution in [0.4, 0.5) is 4.79 Å². The van der Waals surface area contributed by atoms with E-state index in [2.05, 4.69) is 29.8 Å². The molecule has 266 valence electrons. The summed E-state index contributed by atoms with van der Waals surface area (Å²) in [5.74, 6) is -2.55. The number of hydrogen-bond donors (Lipinski definition) is 4. The Morgan fingerprint density at radius 3 is 2.04 bits per heavy atom. The minimum atomic E-state index is -1.10. The Labute approximate surface area is 278 Å². The molecular weight excluding hydrogens is 586 g/mol. The van der Waals surface area contributed by atoms with Gasteiger partial charge in [-0.15, -0.1) is 0 Å². The van der Waals surface area contributed by atoms with E-state index in [-0.39, 0.29) is 35.6 Å². The second kappa shape index (κ2) is 19.2. The SMILES string of the molecule is CCC.CCC(C)CC(NC(=O)C1C[C@@H](CC)CN1C(=O)C(NC(=O)NC(COC)C(C)(C)C)C1(C)CCCCC1)C(=O)C(N)=O. The molecule has 0 aromatic carbocycles. The Balaban J connectivity index is 0.00000338. The fraction of sp³-hybridized carbons (Fsp3) is 0.857. The van der Waals surface area contributed by atoms with Crippen LogP contribution in [0, 0.1) is 22.7 Å². The van der Waals surface area contributed by atoms with Gasteiger partial charge < -0.3 is 31.3 Å². The molecule has 0 radical (unpaired) electrons. The van der Waals surface area contributed by atoms with E-state index < -0.39 is 47.2 Å². The number of nitrogens with zero attached hydrogens (tertiary/aromatic N) is 1. The molecule has 0 aromatic heterocycles. The summed E-state index contributed by atoms with van der Waals surface area (Å²) in [7, 11) is 1.58. The van der Waals surface area contributed by atoms with Crippen LogP contribution in [0.25, 0.3) is 0 Å². The van der Waals surface area contributed by atoms with Crippen LogP contribution in [-0.4, -0.2) is 78.9 Å². The van der Waals surface area contributed by atoms with E-state index in [0.29, 0.717) is 19.6 Å². The van der Waals surface area contributed by atoms with Crippen LogP contribution in [0.3, 0.4) is 0 Å². The van der Waals surface area contributed by atoms with E-state index in [1.165, 1.54) is 6.42 Å². The predicted octanol–water partition coefficient (Wildman–Crippen LogP) is 4.70. The van der Waals surface area contributed by atoms with Gasteiger partial charge in [0.25, 0.3) is 5.91 Å². The molecule has 0 bridgehead atoms. The summed E-state index contributed by atoms with van der Waals surface area (Å²) in [5.41, 5.74) is 4.54. The number of Topliss-reactive ketones (excluding diaryl/α,β-unsaturated/α-hetero) is 1. The Morgan fingerprint density at radius 2 is 1.57 bits per heavy atom. The third-order valence-electron chi connectivity index (χ3n) is 9.66. The van der Waals surface area contributed by atoms with Crippen molar-refractivity contribution in [3.8, 4) is 0 Å². The van der Waals surface area contributed by atoms with E-state index in [0.717, 1.165) is 44.9 Å². The molecule has 1 saturated heterocycles. The molecule has 46 heavy (non-hydrogen) atoms. The zero-order valence-corrected chi connectivity index (χ0v) is 30.4. The topological polar surface area (TPSA) is 160 Å². The van der Waals surface area contributed by atoms with Crippen LogP contribution >= 0.6 is 0 Å². The first-order valence-corrected chi connectivity index (χ1v) is 17.5. The molecule has 5 unspecified atom stereocenters. The number of rotatable bonds is 14. The number of ketones is 1. The molecule has 2 aliphatic rings. The minimum Gasteiger partial charge on any atom is -0.383 e. The van der Waals surface area contributed by atoms with Crippen molar-refractivity contribution in [1.82, 2.24) is 20.9 Å². The highest BCUT2D eigenvalue weighted by atomic mass is 16.5. The average Bonchev–Trinajstić information content (AvgIpc) is 3.43. The Hall–Kier alpha value is -2.69. The van der Waals surface area contributed by atoms with Gasteiger partial charge in [0.1, 0.15) is 12.1 Å². The standard InChI is InChI=1S/C32H57N5O6.C3H8/c1-9-20(3)16-22(25(38)27(33)39)34-28(40)23-17-21(10-2)18-37(23)29(41)26(32(7)14-12-11-13-15-32)36-30(42)35-24(19-43-8)31(4,5)6;1-3-2/h20-24,26H,9-19H2,1-8H3,(H2,33,39)(H,34,40)(H2,35,36,42);3H2,1-2H3/t20?,21-,22?,23?,24?,26?;/m1./s1. The van der Waals surface area contributed by atoms with Crippen molar-refractivity contribution < 1.29 is 28.7 Å². The van der Waals surface area contributed by atoms with Crippen LogP contribution in [0.1, 0.15) is 127 Å². The predicted molar refractivity (Wildman–Crippen MR) is 182 cm³/mol. The molecule has 0 aromatic rings. The summed E-state index contributed by atoms with van der Waals surface area (Å²) in [6.07, 6.45) is 8.01. The number of nitrogens with two attached hydrogens (primary N) is 1. The smallest absolute Gasteiger partial charge is 0.315 e. The zero-order chi connectivity index (χ0) is 35.2. The molecule has 5 N–H and O–H groups in total. The second-order valence-electron chi connectivity index (χ2n) is 14.9. The lowest BCUT2D eigenvalue weighted by molar-refractivity contribution is -0.144. The highest BCUT2D eigenvalue weighted by Crippen LogP contribution is 2.40. The molecule has 1 aliphatic heterocycles. The maximum absolute atomic E-state index is 14.5. The summed E-state index contributed by atoms with van der Waals surface area (Å²) < 4.78 is 5.35. The largest absolute Gasteiger partial charge is 0.383 e. The summed E-state index contributed by atoms with van der Waals surface area (Å²) in [6, 6.07) is -3.45. The zero-order valence-electron chi connectivity index (χ0n) is 30.4. The van der Waals surface area contributed by atoms with Crippen molar-refractivity contribution in [2.24, 2.45) is 28.4 Å². The van der Waals surface area contributed by atoms with Crippen molar-refractivity contribution in [2.45, 2.75) is 151 Å². The van der Waals surface area contributed by atoms with Gasteiger partial charge in [-0.1, -0.05) is 101 Å². The number of amides is 5. The molecular formula is C35H65N5O6. The molecule has 1 heterocycles. The monoisotopic (exact) mass is 651 g/mol. The van der Waals surface area contributed by atoms with Gasteiger partial charge in [0.2, 0.25) is 17.6 Å². The van der Waals surface area contributed by atoms with Crippen molar-refractivity contribution in [1.29, 1.82) is 0 Å². The first-order chi connectivity index (χ1) is 21.5. The number of carbonyl (C=O) groups excluding carboxylic acids is 5. The van der Waals surface area contributed by atoms with Crippen LogP contribution < -0.4 is 21.7 Å². The Bertz CT molecular complexity index is 1010. The third kappa shape index (κ3) is 12.2. The molecule has 2 fully saturated rings. The van der Waals surface area contributed by atoms with Gasteiger partial charge in [0.15, 0.2) is 0 Å². The minimum absolute atomic E-state index is 0.0756. The first-order valence-electron chi connectivity index (χ1n) is 17.5. The number of primary amides is 1. The normalized spacial score (nSPS) is 21.9. The molecule has 11 nitrogen and oxygen atoms in total. The van der Waals surface area contributed by atoms with Gasteiger partial charge in [-0.05, 0) is 48.3 Å². The molecule has 1 aliphatic carbocycles. The van der Waals surface area contributed by atoms with Crippen molar-refractivity contribution in [3.05, 3.63) is 0 Å². The molecule has 0 spiro atoms. The van der Waals surface area contributed by atoms with E-state index >= 15 is 0 Å². The lowest BCUT2D eigenvalue weighted by Crippen LogP contribution is -2.62. The van der Waals surface area contributed by atoms with Crippen molar-refractivity contribution in [3.63, 3.8) is 0 Å². The van der Waals surface area contributed by atoms with Crippen LogP contribution in [0.2, 0.25) is 0 Å². The van der Waals surface area contributed by atoms with E-state index in [1.54, 1.807) is 12.0 Å². The lowest BCUT2D eigenvalue weighted by Gasteiger charge is -2.42. The first kappa shape index (κ1) is 41.3. The lowest BCUT2D eigenvalue weighted by atomic mass is 9.70. The van der Waals surface area contributed by atoms with Gasteiger partial charge in [0.05, 0.1) is 18.7 Å². The van der Waals surface area contributed by atoms with Crippen molar-refractivity contribution >= 4 is 29.5 Å². The quantitative estimate of drug-likeness (QED) is 0.199. The number of hydrogen-bond acceptors (Lipinski definition) is 6. The van der Waals surface area contributed by atoms with Gasteiger partial charge in [0, 0.05) is 13.7 Å². The molecule has 2 rings (SSSR count). The number of methoxy groups -OCH3 is 1. The molecule has 11 heteroatoms. The van der Waals surface area contributed by atoms with Gasteiger partial charge in [-0.2, -0.15) is 0 Å². The number of nitrogens with one attached hydrogen (secondary N) is 3. The van der Waals surface area contributed by atoms with Gasteiger partial charge in [-0.25, -0.2) is 4.79 Å². The maximum Gasteiger partial charge on any atom is 0.315 e. The average molecular weight is 652 g/mol. The molecule has 1 saturated carbocycles. The van der Waals surface area contributed by atoms with Gasteiger partial charge >= 0.3 is 6.03 Å². The molecule has 5 amide bonds. The summed E-state index contributed by atoms with van der Waals surface area (Å²) in [6.45, 7) is 18.9. The fourth-order valence-electron chi connectivity index (χ4n) is 6.30. The fourth-order valence-corrected chi connectivity index (χ4v) is 6.30. The Morgan fingerprint density at radius 1 is 0.978 bits per heavy atom. The van der Waals surface area contributed by atoms with Crippen LogP contribution in [-0.2, 0) is 23.9 Å². The number of ether oxygens (including phenoxy) is 1. The molecule has 6 atom stereocenters. The summed E-state index contributed by atoms with van der Waals surface area (Å²) in [5, 5.41) is 8.80. The second-order valence-corrected chi connectivity index (χ2v) is 14.9. The maximum atomic E-state index is 14.5. The van der Waals surface area contributed by atoms with Gasteiger partial charge in [-0.3, -0.25) is 19.2 Å². The third-order valence-corrected chi connectivity index (χ3v) is 9.66. The van der Waals surface area contributed by atoms with E-state index in [4.69, 9.17) is 10.5 Å². The highest BCUT2D eigenvalue weighted by molar-refractivity contribution is 6.37. The van der Waals surface area contributed by atoms with Crippen molar-refractivity contribution in [2.75, 3.05) is 20.3 Å². The van der Waals surface area contributed by atoms with Crippen LogP contribution in [0.15, 0.2) is 0 Å². The van der Waals surface area contributed by atoms with Crippen LogP contribution in [0.5, 0.6) is 0 Å². The highest BCUT2D eigenvalue weighted by Gasteiger charge is 2.48.